The fourth-order valence-corrected chi connectivity index (χ4v) is 5.30. The third-order valence-corrected chi connectivity index (χ3v) is 7.34. The van der Waals surface area contributed by atoms with Crippen LogP contribution in [0.5, 0.6) is 0 Å². The fraction of sp³-hybridized carbons (Fsp3) is 0.478. The van der Waals surface area contributed by atoms with Crippen LogP contribution in [0.4, 0.5) is 5.69 Å². The predicted octanol–water partition coefficient (Wildman–Crippen LogP) is 3.61. The van der Waals surface area contributed by atoms with E-state index in [0.717, 1.165) is 49.8 Å². The van der Waals surface area contributed by atoms with Crippen molar-refractivity contribution < 1.29 is 17.9 Å². The highest BCUT2D eigenvalue weighted by molar-refractivity contribution is 7.89. The molecule has 2 aromatic rings. The minimum absolute atomic E-state index is 0.00790. The molecule has 2 heterocycles. The molecule has 0 spiro atoms. The number of anilines is 1. The molecule has 0 bridgehead atoms. The zero-order chi connectivity index (χ0) is 22.1. The fourth-order valence-electron chi connectivity index (χ4n) is 3.88. The van der Waals surface area contributed by atoms with E-state index in [2.05, 4.69) is 4.98 Å². The number of benzene rings is 1. The third-order valence-electron chi connectivity index (χ3n) is 5.51. The molecule has 1 amide bonds. The quantitative estimate of drug-likeness (QED) is 0.718. The van der Waals surface area contributed by atoms with E-state index < -0.39 is 10.0 Å². The number of hydrogen-bond acceptors (Lipinski definition) is 5. The number of rotatable bonds is 4. The van der Waals surface area contributed by atoms with Crippen LogP contribution in [0.15, 0.2) is 53.7 Å². The summed E-state index contributed by atoms with van der Waals surface area (Å²) in [4.78, 5) is 18.7. The highest BCUT2D eigenvalue weighted by Gasteiger charge is 2.27. The molecule has 0 atom stereocenters. The second kappa shape index (κ2) is 11.4. The second-order valence-corrected chi connectivity index (χ2v) is 9.69. The molecule has 0 saturated heterocycles. The Morgan fingerprint density at radius 1 is 1.00 bits per heavy atom. The maximum atomic E-state index is 13.4. The number of carbonyl (C=O) groups excluding carboxylic acids is 1. The molecular formula is C23H31N3O4S. The summed E-state index contributed by atoms with van der Waals surface area (Å²) in [6, 6.07) is 10.7. The number of para-hydroxylation sites is 1. The first kappa shape index (κ1) is 23.4. The van der Waals surface area contributed by atoms with Crippen LogP contribution in [0.3, 0.4) is 0 Å². The standard InChI is InChI=1S/C23H31N3O4S/c1-30-19-23(27)26-16-9-5-3-2-4-8-15-25(18-20-11-6-7-13-22(20)26)31(28,29)21-12-10-14-24-17-21/h6-7,10-14,17H,2-5,8-9,15-16,18-19H2,1H3. The van der Waals surface area contributed by atoms with Gasteiger partial charge in [-0.15, -0.1) is 0 Å². The zero-order valence-electron chi connectivity index (χ0n) is 18.1. The van der Waals surface area contributed by atoms with Gasteiger partial charge < -0.3 is 9.64 Å². The van der Waals surface area contributed by atoms with E-state index in [-0.39, 0.29) is 24.0 Å². The molecule has 0 radical (unpaired) electrons. The molecule has 168 valence electrons. The van der Waals surface area contributed by atoms with Crippen LogP contribution >= 0.6 is 0 Å². The van der Waals surface area contributed by atoms with Gasteiger partial charge in [0.15, 0.2) is 0 Å². The Morgan fingerprint density at radius 2 is 1.71 bits per heavy atom. The number of carbonyl (C=O) groups is 1. The van der Waals surface area contributed by atoms with Crippen LogP contribution in [0, 0.1) is 0 Å². The van der Waals surface area contributed by atoms with Crippen molar-refractivity contribution >= 4 is 21.6 Å². The van der Waals surface area contributed by atoms with Crippen LogP contribution < -0.4 is 4.90 Å². The molecule has 8 heteroatoms. The van der Waals surface area contributed by atoms with Crippen LogP contribution in [-0.4, -0.2) is 50.4 Å². The van der Waals surface area contributed by atoms with Crippen molar-refractivity contribution in [1.82, 2.24) is 9.29 Å². The van der Waals surface area contributed by atoms with Crippen molar-refractivity contribution in [2.24, 2.45) is 0 Å². The highest BCUT2D eigenvalue weighted by atomic mass is 32.2. The van der Waals surface area contributed by atoms with Crippen molar-refractivity contribution in [3.8, 4) is 0 Å². The van der Waals surface area contributed by atoms with Gasteiger partial charge >= 0.3 is 0 Å². The summed E-state index contributed by atoms with van der Waals surface area (Å²) in [5.74, 6) is -0.119. The Labute approximate surface area is 185 Å². The SMILES string of the molecule is COCC(=O)N1CCCCCCCCN(S(=O)(=O)c2cccnc2)Cc2ccccc21. The summed E-state index contributed by atoms with van der Waals surface area (Å²) in [5, 5.41) is 0. The van der Waals surface area contributed by atoms with Crippen molar-refractivity contribution in [1.29, 1.82) is 0 Å². The van der Waals surface area contributed by atoms with Gasteiger partial charge in [0.1, 0.15) is 11.5 Å². The lowest BCUT2D eigenvalue weighted by Gasteiger charge is -2.28. The van der Waals surface area contributed by atoms with E-state index >= 15 is 0 Å². The first-order valence-electron chi connectivity index (χ1n) is 10.8. The molecule has 31 heavy (non-hydrogen) atoms. The molecule has 0 aliphatic carbocycles. The number of hydrogen-bond donors (Lipinski definition) is 0. The molecule has 1 aliphatic rings. The molecule has 0 fully saturated rings. The van der Waals surface area contributed by atoms with Crippen molar-refractivity contribution in [2.45, 2.75) is 50.0 Å². The Hall–Kier alpha value is -2.29. The monoisotopic (exact) mass is 445 g/mol. The molecule has 0 N–H and O–H groups in total. The normalized spacial score (nSPS) is 17.1. The van der Waals surface area contributed by atoms with E-state index in [4.69, 9.17) is 4.74 Å². The highest BCUT2D eigenvalue weighted by Crippen LogP contribution is 2.27. The molecule has 1 aromatic heterocycles. The van der Waals surface area contributed by atoms with Gasteiger partial charge in [0.05, 0.1) is 0 Å². The van der Waals surface area contributed by atoms with E-state index in [1.807, 2.05) is 24.3 Å². The average molecular weight is 446 g/mol. The first-order valence-corrected chi connectivity index (χ1v) is 12.3. The maximum Gasteiger partial charge on any atom is 0.252 e. The lowest BCUT2D eigenvalue weighted by Crippen LogP contribution is -2.37. The Morgan fingerprint density at radius 3 is 2.42 bits per heavy atom. The number of aromatic nitrogens is 1. The summed E-state index contributed by atoms with van der Waals surface area (Å²) in [5.41, 5.74) is 1.55. The van der Waals surface area contributed by atoms with Gasteiger partial charge in [-0.3, -0.25) is 9.78 Å². The molecule has 0 saturated carbocycles. The Balaban J connectivity index is 1.99. The minimum Gasteiger partial charge on any atom is -0.375 e. The van der Waals surface area contributed by atoms with Crippen LogP contribution in [0.2, 0.25) is 0 Å². The maximum absolute atomic E-state index is 13.4. The lowest BCUT2D eigenvalue weighted by molar-refractivity contribution is -0.122. The number of sulfonamides is 1. The summed E-state index contributed by atoms with van der Waals surface area (Å²) < 4.78 is 33.4. The van der Waals surface area contributed by atoms with Crippen molar-refractivity contribution in [3.05, 3.63) is 54.4 Å². The molecular weight excluding hydrogens is 414 g/mol. The lowest BCUT2D eigenvalue weighted by atomic mass is 10.1. The number of ether oxygens (including phenoxy) is 1. The summed E-state index contributed by atoms with van der Waals surface area (Å²) in [6.07, 6.45) is 8.80. The minimum atomic E-state index is -3.71. The number of nitrogens with zero attached hydrogens (tertiary/aromatic N) is 3. The summed E-state index contributed by atoms with van der Waals surface area (Å²) >= 11 is 0. The Bertz CT molecular complexity index is 950. The largest absolute Gasteiger partial charge is 0.375 e. The van der Waals surface area contributed by atoms with Crippen molar-refractivity contribution in [2.75, 3.05) is 31.7 Å². The van der Waals surface area contributed by atoms with Gasteiger partial charge in [0.2, 0.25) is 10.0 Å². The van der Waals surface area contributed by atoms with Gasteiger partial charge in [-0.25, -0.2) is 8.42 Å². The average Bonchev–Trinajstić information content (AvgIpc) is 2.80. The van der Waals surface area contributed by atoms with E-state index in [0.29, 0.717) is 13.1 Å². The van der Waals surface area contributed by atoms with Crippen molar-refractivity contribution in [3.63, 3.8) is 0 Å². The van der Waals surface area contributed by atoms with Crippen LogP contribution in [0.25, 0.3) is 0 Å². The molecule has 1 aliphatic heterocycles. The van der Waals surface area contributed by atoms with Gasteiger partial charge in [-0.1, -0.05) is 43.9 Å². The van der Waals surface area contributed by atoms with E-state index in [1.165, 1.54) is 17.6 Å². The third kappa shape index (κ3) is 6.12. The predicted molar refractivity (Wildman–Crippen MR) is 120 cm³/mol. The summed E-state index contributed by atoms with van der Waals surface area (Å²) in [6.45, 7) is 1.21. The molecule has 3 rings (SSSR count). The second-order valence-electron chi connectivity index (χ2n) is 7.76. The number of fused-ring (bicyclic) bond motifs is 1. The van der Waals surface area contributed by atoms with Gasteiger partial charge in [0, 0.05) is 44.8 Å². The molecule has 0 unspecified atom stereocenters. The van der Waals surface area contributed by atoms with Gasteiger partial charge in [0.25, 0.3) is 5.91 Å². The first-order chi connectivity index (χ1) is 15.0. The van der Waals surface area contributed by atoms with Crippen LogP contribution in [-0.2, 0) is 26.1 Å². The zero-order valence-corrected chi connectivity index (χ0v) is 18.9. The number of amides is 1. The van der Waals surface area contributed by atoms with Crippen LogP contribution in [0.1, 0.15) is 44.1 Å². The van der Waals surface area contributed by atoms with E-state index in [1.54, 1.807) is 23.2 Å². The smallest absolute Gasteiger partial charge is 0.252 e. The molecule has 7 nitrogen and oxygen atoms in total. The topological polar surface area (TPSA) is 79.8 Å². The number of pyridine rings is 1. The molecule has 1 aromatic carbocycles. The number of methoxy groups -OCH3 is 1. The summed E-state index contributed by atoms with van der Waals surface area (Å²) in [7, 11) is -2.20. The van der Waals surface area contributed by atoms with Gasteiger partial charge in [-0.05, 0) is 36.6 Å². The van der Waals surface area contributed by atoms with Gasteiger partial charge in [-0.2, -0.15) is 4.31 Å². The van der Waals surface area contributed by atoms with E-state index in [9.17, 15) is 13.2 Å². The Kier molecular flexibility index (Phi) is 8.57.